The van der Waals surface area contributed by atoms with E-state index in [1.54, 1.807) is 0 Å². The average molecular weight is 135 g/mol. The topological polar surface area (TPSA) is 0 Å². The fourth-order valence-electron chi connectivity index (χ4n) is 0.658. The maximum absolute atomic E-state index is 5.92. The Morgan fingerprint density at radius 2 is 1.75 bits per heavy atom. The van der Waals surface area contributed by atoms with E-state index >= 15 is 0 Å². The largest absolute Gasteiger partial charge is 0.123 e. The zero-order valence-electron chi connectivity index (χ0n) is 5.95. The van der Waals surface area contributed by atoms with Crippen molar-refractivity contribution in [1.82, 2.24) is 0 Å². The van der Waals surface area contributed by atoms with Crippen molar-refractivity contribution in [2.75, 3.05) is 0 Å². The van der Waals surface area contributed by atoms with Gasteiger partial charge in [0, 0.05) is 5.38 Å². The fraction of sp³-hybridized carbons (Fsp3) is 1.00. The second-order valence-electron chi connectivity index (χ2n) is 2.31. The van der Waals surface area contributed by atoms with Crippen molar-refractivity contribution in [3.63, 3.8) is 0 Å². The maximum atomic E-state index is 5.92. The summed E-state index contributed by atoms with van der Waals surface area (Å²) in [6.07, 6.45) is 2.29. The van der Waals surface area contributed by atoms with Crippen molar-refractivity contribution in [3.8, 4) is 0 Å². The fourth-order valence-corrected chi connectivity index (χ4v) is 0.836. The van der Waals surface area contributed by atoms with Crippen LogP contribution in [0.5, 0.6) is 0 Å². The first-order valence-electron chi connectivity index (χ1n) is 3.36. The average Bonchev–Trinajstić information content (AvgIpc) is 1.84. The van der Waals surface area contributed by atoms with Gasteiger partial charge in [-0.2, -0.15) is 0 Å². The summed E-state index contributed by atoms with van der Waals surface area (Å²) in [5, 5.41) is 0.389. The Morgan fingerprint density at radius 3 is 1.88 bits per heavy atom. The summed E-state index contributed by atoms with van der Waals surface area (Å²) >= 11 is 5.92. The number of rotatable bonds is 3. The highest BCUT2D eigenvalue weighted by atomic mass is 35.5. The number of hydrogen-bond donors (Lipinski definition) is 0. The Labute approximate surface area is 57.2 Å². The van der Waals surface area contributed by atoms with Gasteiger partial charge in [-0.3, -0.25) is 0 Å². The summed E-state index contributed by atoms with van der Waals surface area (Å²) in [4.78, 5) is 0. The van der Waals surface area contributed by atoms with Gasteiger partial charge in [0.1, 0.15) is 0 Å². The van der Waals surface area contributed by atoms with Crippen LogP contribution in [0.3, 0.4) is 0 Å². The smallest absolute Gasteiger partial charge is 0.0358 e. The molecule has 8 heavy (non-hydrogen) atoms. The summed E-state index contributed by atoms with van der Waals surface area (Å²) in [6.45, 7) is 6.50. The van der Waals surface area contributed by atoms with E-state index in [9.17, 15) is 0 Å². The van der Waals surface area contributed by atoms with Gasteiger partial charge in [0.2, 0.25) is 0 Å². The maximum Gasteiger partial charge on any atom is 0.0358 e. The molecular formula is C7H15Cl. The summed E-state index contributed by atoms with van der Waals surface area (Å²) in [5.74, 6) is 0.682. The van der Waals surface area contributed by atoms with Crippen LogP contribution in [0, 0.1) is 5.92 Å². The molecule has 0 aliphatic carbocycles. The zero-order chi connectivity index (χ0) is 6.57. The lowest BCUT2D eigenvalue weighted by molar-refractivity contribution is 0.517. The molecule has 50 valence electrons. The Hall–Kier alpha value is 0.290. The molecule has 0 aromatic carbocycles. The third-order valence-corrected chi connectivity index (χ3v) is 2.39. The van der Waals surface area contributed by atoms with E-state index in [2.05, 4.69) is 20.8 Å². The zero-order valence-corrected chi connectivity index (χ0v) is 6.70. The standard InChI is InChI=1S/C7H15Cl/c1-4-6(3)7(8)5-2/h6-7H,4-5H2,1-3H3. The molecule has 0 radical (unpaired) electrons. The molecule has 1 heteroatoms. The SMILES string of the molecule is CCC(C)C(Cl)CC. The molecule has 0 heterocycles. The molecule has 0 saturated heterocycles. The molecular weight excluding hydrogens is 120 g/mol. The van der Waals surface area contributed by atoms with Crippen LogP contribution >= 0.6 is 11.6 Å². The van der Waals surface area contributed by atoms with Crippen LogP contribution in [-0.2, 0) is 0 Å². The van der Waals surface area contributed by atoms with Crippen molar-refractivity contribution in [3.05, 3.63) is 0 Å². The van der Waals surface area contributed by atoms with Gasteiger partial charge in [-0.15, -0.1) is 11.6 Å². The van der Waals surface area contributed by atoms with Crippen LogP contribution in [0.15, 0.2) is 0 Å². The molecule has 2 unspecified atom stereocenters. The third kappa shape index (κ3) is 2.56. The normalized spacial score (nSPS) is 18.0. The Morgan fingerprint density at radius 1 is 1.25 bits per heavy atom. The van der Waals surface area contributed by atoms with Crippen LogP contribution in [0.2, 0.25) is 0 Å². The van der Waals surface area contributed by atoms with E-state index in [-0.39, 0.29) is 0 Å². The summed E-state index contributed by atoms with van der Waals surface area (Å²) < 4.78 is 0. The summed E-state index contributed by atoms with van der Waals surface area (Å²) in [5.41, 5.74) is 0. The van der Waals surface area contributed by atoms with Crippen LogP contribution in [0.1, 0.15) is 33.6 Å². The van der Waals surface area contributed by atoms with E-state index in [4.69, 9.17) is 11.6 Å². The molecule has 0 aromatic heterocycles. The molecule has 0 N–H and O–H groups in total. The van der Waals surface area contributed by atoms with E-state index in [1.165, 1.54) is 6.42 Å². The number of hydrogen-bond acceptors (Lipinski definition) is 0. The van der Waals surface area contributed by atoms with Crippen molar-refractivity contribution < 1.29 is 0 Å². The minimum atomic E-state index is 0.389. The molecule has 0 aromatic rings. The van der Waals surface area contributed by atoms with E-state index < -0.39 is 0 Å². The van der Waals surface area contributed by atoms with Crippen molar-refractivity contribution in [2.24, 2.45) is 5.92 Å². The first-order valence-corrected chi connectivity index (χ1v) is 3.80. The van der Waals surface area contributed by atoms with Crippen LogP contribution in [-0.4, -0.2) is 5.38 Å². The molecule has 0 spiro atoms. The highest BCUT2D eigenvalue weighted by Gasteiger charge is 2.08. The molecule has 0 bridgehead atoms. The Kier molecular flexibility index (Phi) is 4.35. The first kappa shape index (κ1) is 8.29. The predicted molar refractivity (Wildman–Crippen MR) is 39.4 cm³/mol. The lowest BCUT2D eigenvalue weighted by atomic mass is 10.0. The van der Waals surface area contributed by atoms with Gasteiger partial charge in [0.05, 0.1) is 0 Å². The molecule has 0 amide bonds. The van der Waals surface area contributed by atoms with Crippen molar-refractivity contribution >= 4 is 11.6 Å². The Balaban J connectivity index is 3.29. The van der Waals surface area contributed by atoms with Gasteiger partial charge in [-0.25, -0.2) is 0 Å². The summed E-state index contributed by atoms with van der Waals surface area (Å²) in [7, 11) is 0. The number of alkyl halides is 1. The molecule has 0 saturated carbocycles. The highest BCUT2D eigenvalue weighted by molar-refractivity contribution is 6.20. The second-order valence-corrected chi connectivity index (χ2v) is 2.87. The van der Waals surface area contributed by atoms with Gasteiger partial charge in [0.25, 0.3) is 0 Å². The predicted octanol–water partition coefficient (Wildman–Crippen LogP) is 3.05. The second kappa shape index (κ2) is 4.20. The monoisotopic (exact) mass is 134 g/mol. The molecule has 2 atom stereocenters. The molecule has 0 aliphatic heterocycles. The van der Waals surface area contributed by atoms with Gasteiger partial charge < -0.3 is 0 Å². The highest BCUT2D eigenvalue weighted by Crippen LogP contribution is 2.16. The molecule has 0 rings (SSSR count). The number of halogens is 1. The van der Waals surface area contributed by atoms with Crippen LogP contribution in [0.25, 0.3) is 0 Å². The molecule has 0 aliphatic rings. The van der Waals surface area contributed by atoms with Gasteiger partial charge in [0.15, 0.2) is 0 Å². The van der Waals surface area contributed by atoms with E-state index in [0.717, 1.165) is 6.42 Å². The van der Waals surface area contributed by atoms with Crippen LogP contribution in [0.4, 0.5) is 0 Å². The van der Waals surface area contributed by atoms with E-state index in [0.29, 0.717) is 11.3 Å². The van der Waals surface area contributed by atoms with Gasteiger partial charge in [-0.05, 0) is 12.3 Å². The minimum Gasteiger partial charge on any atom is -0.123 e. The summed E-state index contributed by atoms with van der Waals surface area (Å²) in [6, 6.07) is 0. The quantitative estimate of drug-likeness (QED) is 0.521. The Bertz CT molecular complexity index is 44.3. The van der Waals surface area contributed by atoms with Crippen molar-refractivity contribution in [2.45, 2.75) is 39.0 Å². The third-order valence-electron chi connectivity index (χ3n) is 1.65. The van der Waals surface area contributed by atoms with Gasteiger partial charge in [-0.1, -0.05) is 27.2 Å². The van der Waals surface area contributed by atoms with Crippen LogP contribution < -0.4 is 0 Å². The lowest BCUT2D eigenvalue weighted by Crippen LogP contribution is -2.07. The van der Waals surface area contributed by atoms with Gasteiger partial charge >= 0.3 is 0 Å². The minimum absolute atomic E-state index is 0.389. The molecule has 0 nitrogen and oxygen atoms in total. The molecule has 0 fully saturated rings. The van der Waals surface area contributed by atoms with E-state index in [1.807, 2.05) is 0 Å². The van der Waals surface area contributed by atoms with Crippen molar-refractivity contribution in [1.29, 1.82) is 0 Å². The lowest BCUT2D eigenvalue weighted by Gasteiger charge is -2.12. The first-order chi connectivity index (χ1) is 3.72.